The zero-order valence-electron chi connectivity index (χ0n) is 27.8. The van der Waals surface area contributed by atoms with Crippen LogP contribution in [0.2, 0.25) is 5.02 Å². The molecule has 1 aromatic carbocycles. The highest BCUT2D eigenvalue weighted by Crippen LogP contribution is 2.48. The van der Waals surface area contributed by atoms with Crippen molar-refractivity contribution in [3.63, 3.8) is 0 Å². The molecule has 2 bridgehead atoms. The summed E-state index contributed by atoms with van der Waals surface area (Å²) in [7, 11) is 1.74. The van der Waals surface area contributed by atoms with E-state index in [1.165, 1.54) is 23.5 Å². The molecule has 0 saturated carbocycles. The number of nitrogens with zero attached hydrogens (tertiary/aromatic N) is 8. The molecule has 2 atom stereocenters. The first-order valence-corrected chi connectivity index (χ1v) is 18.7. The van der Waals surface area contributed by atoms with Crippen LogP contribution in [0.5, 0.6) is 11.5 Å². The van der Waals surface area contributed by atoms with Crippen LogP contribution in [0.15, 0.2) is 28.2 Å². The summed E-state index contributed by atoms with van der Waals surface area (Å²) >= 11 is 8.88. The van der Waals surface area contributed by atoms with Gasteiger partial charge in [-0.05, 0) is 29.5 Å². The normalized spacial score (nSPS) is 25.7. The first-order chi connectivity index (χ1) is 24.4. The Morgan fingerprint density at radius 3 is 2.63 bits per heavy atom. The van der Waals surface area contributed by atoms with E-state index in [0.717, 1.165) is 49.0 Å². The number of nitrogens with one attached hydrogen (secondary N) is 2. The first-order valence-electron chi connectivity index (χ1n) is 16.4. The Bertz CT molecular complexity index is 1940. The van der Waals surface area contributed by atoms with Gasteiger partial charge in [-0.2, -0.15) is 0 Å². The Kier molecular flexibility index (Phi) is 9.32. The lowest BCUT2D eigenvalue weighted by Gasteiger charge is -2.56. The van der Waals surface area contributed by atoms with Gasteiger partial charge in [0.2, 0.25) is 0 Å². The van der Waals surface area contributed by atoms with Crippen molar-refractivity contribution in [1.82, 2.24) is 40.7 Å². The maximum Gasteiger partial charge on any atom is 0.276 e. The number of aromatic hydroxyl groups is 2. The predicted octanol–water partition coefficient (Wildman–Crippen LogP) is 1.30. The molecule has 0 aliphatic carbocycles. The number of β-lactam (4-membered cyclic amide) rings is 1. The largest absolute Gasteiger partial charge is 0.504 e. The topological polar surface area (TPSA) is 223 Å². The number of piperidine rings is 3. The molecule has 51 heavy (non-hydrogen) atoms. The lowest BCUT2D eigenvalue weighted by molar-refractivity contribution is -0.941. The van der Waals surface area contributed by atoms with Gasteiger partial charge < -0.3 is 35.9 Å². The number of thiazole rings is 1. The van der Waals surface area contributed by atoms with Crippen LogP contribution in [-0.2, 0) is 21.5 Å². The van der Waals surface area contributed by atoms with Crippen LogP contribution in [0.25, 0.3) is 5.70 Å². The first kappa shape index (κ1) is 35.0. The van der Waals surface area contributed by atoms with Gasteiger partial charge in [0.05, 0.1) is 35.9 Å². The van der Waals surface area contributed by atoms with Crippen molar-refractivity contribution in [2.75, 3.05) is 50.8 Å². The number of aromatic nitrogens is 5. The van der Waals surface area contributed by atoms with Crippen molar-refractivity contribution in [3.8, 4) is 11.5 Å². The Labute approximate surface area is 305 Å². The summed E-state index contributed by atoms with van der Waals surface area (Å²) in [6, 6.07) is 1.83. The van der Waals surface area contributed by atoms with Gasteiger partial charge in [0, 0.05) is 55.0 Å². The number of tetrazole rings is 1. The van der Waals surface area contributed by atoms with Crippen molar-refractivity contribution < 1.29 is 33.9 Å². The number of carbonyl (C=O) groups excluding carboxylic acids is 3. The zero-order valence-corrected chi connectivity index (χ0v) is 30.2. The fourth-order valence-corrected chi connectivity index (χ4v) is 9.45. The number of hydrogen-bond acceptors (Lipinski definition) is 14. The van der Waals surface area contributed by atoms with E-state index in [9.17, 15) is 24.6 Å². The molecule has 0 radical (unpaired) electrons. The van der Waals surface area contributed by atoms with E-state index in [1.807, 2.05) is 0 Å². The van der Waals surface area contributed by atoms with E-state index >= 15 is 0 Å². The lowest BCUT2D eigenvalue weighted by atomic mass is 9.70. The second-order valence-corrected chi connectivity index (χ2v) is 15.6. The standard InChI is InChI=1S/C31H36ClN11O6S2/c1-3-49-38-21(18-14-51-30(33)35-18)27(47)36-22-28(48)42-23(25-37-39-40-41(25)2)16(13-50-29(22)42)12-43-9-6-31(7-10-43,8-11-43)15-34-26(46)17-4-5-19(44)24(45)20(17)32/h4-5,14,22,29H,3,6-13,15H2,1-2H3,(H5-,33,34,35,36,38,39,40,44,45,46,47)/p+1/t22-,29-,31?,43?/m1/s1. The number of nitrogens with two attached hydrogens (primary N) is 1. The van der Waals surface area contributed by atoms with Gasteiger partial charge in [-0.3, -0.25) is 19.3 Å². The summed E-state index contributed by atoms with van der Waals surface area (Å²) < 4.78 is 2.40. The van der Waals surface area contributed by atoms with Crippen molar-refractivity contribution in [3.05, 3.63) is 45.2 Å². The third-order valence-corrected chi connectivity index (χ3v) is 12.7. The number of carbonyl (C=O) groups is 3. The summed E-state index contributed by atoms with van der Waals surface area (Å²) in [5, 5.41) is 43.0. The minimum Gasteiger partial charge on any atom is -0.504 e. The van der Waals surface area contributed by atoms with Gasteiger partial charge >= 0.3 is 0 Å². The number of rotatable bonds is 11. The van der Waals surface area contributed by atoms with Crippen molar-refractivity contribution in [2.24, 2.45) is 17.6 Å². The fourth-order valence-electron chi connectivity index (χ4n) is 7.32. The van der Waals surface area contributed by atoms with Gasteiger partial charge in [-0.15, -0.1) is 28.2 Å². The quantitative estimate of drug-likeness (QED) is 0.0614. The molecule has 2 aromatic heterocycles. The molecule has 8 rings (SSSR count). The summed E-state index contributed by atoms with van der Waals surface area (Å²) in [6.07, 6.45) is 2.70. The number of aryl methyl sites for hydroxylation is 1. The number of benzene rings is 1. The smallest absolute Gasteiger partial charge is 0.276 e. The minimum absolute atomic E-state index is 0.0593. The van der Waals surface area contributed by atoms with E-state index in [4.69, 9.17) is 22.2 Å². The maximum atomic E-state index is 13.9. The van der Waals surface area contributed by atoms with E-state index in [2.05, 4.69) is 36.3 Å². The highest BCUT2D eigenvalue weighted by atomic mass is 35.5. The number of nitrogen functional groups attached to an aromatic ring is 1. The van der Waals surface area contributed by atoms with E-state index in [0.29, 0.717) is 30.4 Å². The van der Waals surface area contributed by atoms with Gasteiger partial charge in [0.25, 0.3) is 17.7 Å². The molecule has 270 valence electrons. The Morgan fingerprint density at radius 1 is 1.24 bits per heavy atom. The highest BCUT2D eigenvalue weighted by Gasteiger charge is 2.56. The Morgan fingerprint density at radius 2 is 1.98 bits per heavy atom. The van der Waals surface area contributed by atoms with Gasteiger partial charge in [0.15, 0.2) is 28.2 Å². The van der Waals surface area contributed by atoms with E-state index < -0.39 is 23.6 Å². The van der Waals surface area contributed by atoms with Crippen LogP contribution < -0.4 is 16.4 Å². The number of quaternary nitrogens is 1. The SMILES string of the molecule is CCO/N=C(\C(=O)N[C@@H]1C(=O)N2C(c3nnnn3C)=C(C[N+]34CCC(CNC(=O)c5ccc(O)c(O)c5Cl)(CC3)CC4)CS[C@H]12)c1csc(N)n1. The molecule has 0 unspecified atom stereocenters. The number of anilines is 1. The number of thioether (sulfide) groups is 1. The van der Waals surface area contributed by atoms with Crippen LogP contribution >= 0.6 is 34.7 Å². The molecule has 3 amide bonds. The second-order valence-electron chi connectivity index (χ2n) is 13.3. The fraction of sp³-hybridized carbons (Fsp3) is 0.484. The highest BCUT2D eigenvalue weighted by molar-refractivity contribution is 8.00. The van der Waals surface area contributed by atoms with E-state index in [1.54, 1.807) is 40.7 Å². The predicted molar refractivity (Wildman–Crippen MR) is 189 cm³/mol. The molecular formula is C31H37ClN11O6S2+. The number of hydrogen-bond donors (Lipinski definition) is 5. The number of amides is 3. The molecular weight excluding hydrogens is 722 g/mol. The van der Waals surface area contributed by atoms with Gasteiger partial charge in [0.1, 0.15) is 30.3 Å². The van der Waals surface area contributed by atoms with Crippen LogP contribution in [0.4, 0.5) is 5.13 Å². The Balaban J connectivity index is 1.05. The summed E-state index contributed by atoms with van der Waals surface area (Å²) in [5.74, 6) is -1.07. The number of phenols is 2. The van der Waals surface area contributed by atoms with Crippen molar-refractivity contribution in [2.45, 2.75) is 37.6 Å². The maximum absolute atomic E-state index is 13.9. The zero-order chi connectivity index (χ0) is 36.1. The average Bonchev–Trinajstić information content (AvgIpc) is 3.76. The molecule has 20 heteroatoms. The minimum atomic E-state index is -0.809. The number of oxime groups is 1. The molecule has 6 N–H and O–H groups in total. The lowest BCUT2D eigenvalue weighted by Crippen LogP contribution is -2.70. The molecule has 3 aromatic rings. The third-order valence-electron chi connectivity index (χ3n) is 10.3. The van der Waals surface area contributed by atoms with Crippen molar-refractivity contribution >= 4 is 69.0 Å². The molecule has 5 aliphatic heterocycles. The van der Waals surface area contributed by atoms with Gasteiger partial charge in [-0.1, -0.05) is 16.8 Å². The van der Waals surface area contributed by atoms with Crippen molar-refractivity contribution in [1.29, 1.82) is 0 Å². The second kappa shape index (κ2) is 13.6. The molecule has 5 aliphatic rings. The van der Waals surface area contributed by atoms with Gasteiger partial charge in [-0.25, -0.2) is 9.67 Å². The monoisotopic (exact) mass is 758 g/mol. The molecule has 7 heterocycles. The number of fused-ring (bicyclic) bond motifs is 4. The average molecular weight is 759 g/mol. The summed E-state index contributed by atoms with van der Waals surface area (Å²) in [5.41, 5.74) is 7.78. The van der Waals surface area contributed by atoms with Crippen LogP contribution in [0.1, 0.15) is 48.1 Å². The molecule has 4 fully saturated rings. The number of halogens is 1. The van der Waals surface area contributed by atoms with Crippen LogP contribution in [0.3, 0.4) is 0 Å². The summed E-state index contributed by atoms with van der Waals surface area (Å²) in [6.45, 7) is 5.87. The van der Waals surface area contributed by atoms with Crippen LogP contribution in [0, 0.1) is 5.41 Å². The molecule has 4 saturated heterocycles. The Hall–Kier alpha value is -4.46. The number of phenolic OH excluding ortho intramolecular Hbond substituents is 2. The third kappa shape index (κ3) is 6.36. The summed E-state index contributed by atoms with van der Waals surface area (Å²) in [4.78, 5) is 51.3. The molecule has 17 nitrogen and oxygen atoms in total. The van der Waals surface area contributed by atoms with Crippen LogP contribution in [-0.4, -0.2) is 125 Å². The van der Waals surface area contributed by atoms with E-state index in [-0.39, 0.29) is 56.2 Å². The molecule has 0 spiro atoms.